The molecule has 1 aromatic heterocycles. The smallest absolute Gasteiger partial charge is 0.0976 e. The van der Waals surface area contributed by atoms with Crippen molar-refractivity contribution in [3.8, 4) is 0 Å². The molecule has 2 heterocycles. The number of rotatable bonds is 1. The molecule has 1 nitrogen and oxygen atoms in total. The van der Waals surface area contributed by atoms with Crippen molar-refractivity contribution in [3.63, 3.8) is 0 Å². The minimum atomic E-state index is 0.522. The fraction of sp³-hybridized carbons (Fsp3) is 0.500. The average molecular weight is 188 g/mol. The normalized spacial score (nSPS) is 24.3. The molecule has 0 amide bonds. The van der Waals surface area contributed by atoms with Crippen LogP contribution < -0.4 is 5.32 Å². The van der Waals surface area contributed by atoms with Crippen molar-refractivity contribution in [2.24, 2.45) is 0 Å². The summed E-state index contributed by atoms with van der Waals surface area (Å²) in [4.78, 5) is 0. The predicted molar refractivity (Wildman–Crippen MR) is 49.3 cm³/mol. The third kappa shape index (κ3) is 1.43. The van der Waals surface area contributed by atoms with Crippen LogP contribution in [0.2, 0.25) is 4.34 Å². The van der Waals surface area contributed by atoms with Crippen LogP contribution in [0.4, 0.5) is 0 Å². The predicted octanol–water partition coefficient (Wildman–Crippen LogP) is 2.83. The molecule has 0 aliphatic carbocycles. The topological polar surface area (TPSA) is 12.0 Å². The van der Waals surface area contributed by atoms with Gasteiger partial charge in [-0.05, 0) is 36.4 Å². The largest absolute Gasteiger partial charge is 0.310 e. The van der Waals surface area contributed by atoms with Crippen molar-refractivity contribution in [2.75, 3.05) is 6.54 Å². The van der Waals surface area contributed by atoms with E-state index in [1.807, 2.05) is 0 Å². The van der Waals surface area contributed by atoms with Crippen molar-refractivity contribution >= 4 is 22.9 Å². The molecule has 0 saturated carbocycles. The Morgan fingerprint density at radius 2 is 2.55 bits per heavy atom. The van der Waals surface area contributed by atoms with Crippen LogP contribution in [0.15, 0.2) is 11.4 Å². The molecule has 0 spiro atoms. The molecule has 3 heteroatoms. The first kappa shape index (κ1) is 7.59. The van der Waals surface area contributed by atoms with E-state index in [4.69, 9.17) is 11.6 Å². The molecule has 2 rings (SSSR count). The molecular weight excluding hydrogens is 178 g/mol. The van der Waals surface area contributed by atoms with E-state index in [2.05, 4.69) is 16.8 Å². The lowest BCUT2D eigenvalue weighted by molar-refractivity contribution is 0.650. The Kier molecular flexibility index (Phi) is 2.16. The molecule has 0 bridgehead atoms. The molecule has 0 radical (unpaired) electrons. The Balaban J connectivity index is 2.21. The monoisotopic (exact) mass is 187 g/mol. The molecule has 1 aromatic rings. The summed E-state index contributed by atoms with van der Waals surface area (Å²) in [6.07, 6.45) is 2.51. The number of hydrogen-bond acceptors (Lipinski definition) is 2. The van der Waals surface area contributed by atoms with Gasteiger partial charge < -0.3 is 5.32 Å². The van der Waals surface area contributed by atoms with Gasteiger partial charge in [-0.25, -0.2) is 0 Å². The Morgan fingerprint density at radius 3 is 3.09 bits per heavy atom. The van der Waals surface area contributed by atoms with Crippen LogP contribution in [0.25, 0.3) is 0 Å². The van der Waals surface area contributed by atoms with Gasteiger partial charge in [0.25, 0.3) is 0 Å². The average Bonchev–Trinajstić information content (AvgIpc) is 2.55. The highest BCUT2D eigenvalue weighted by Gasteiger charge is 2.18. The van der Waals surface area contributed by atoms with Crippen LogP contribution in [0.1, 0.15) is 24.4 Å². The van der Waals surface area contributed by atoms with Gasteiger partial charge in [0.05, 0.1) is 4.34 Å². The van der Waals surface area contributed by atoms with Gasteiger partial charge in [0.1, 0.15) is 0 Å². The minimum absolute atomic E-state index is 0.522. The molecule has 0 aromatic carbocycles. The lowest BCUT2D eigenvalue weighted by Crippen LogP contribution is -2.12. The first-order valence-corrected chi connectivity index (χ1v) is 5.10. The van der Waals surface area contributed by atoms with Gasteiger partial charge in [-0.1, -0.05) is 11.6 Å². The maximum Gasteiger partial charge on any atom is 0.0976 e. The molecule has 60 valence electrons. The van der Waals surface area contributed by atoms with Crippen molar-refractivity contribution < 1.29 is 0 Å². The van der Waals surface area contributed by atoms with E-state index in [1.54, 1.807) is 11.3 Å². The van der Waals surface area contributed by atoms with E-state index in [-0.39, 0.29) is 0 Å². The number of hydrogen-bond donors (Lipinski definition) is 1. The summed E-state index contributed by atoms with van der Waals surface area (Å²) in [5, 5.41) is 5.48. The van der Waals surface area contributed by atoms with Gasteiger partial charge in [0.2, 0.25) is 0 Å². The summed E-state index contributed by atoms with van der Waals surface area (Å²) in [6, 6.07) is 2.64. The summed E-state index contributed by atoms with van der Waals surface area (Å²) >= 11 is 7.62. The van der Waals surface area contributed by atoms with Gasteiger partial charge in [0.15, 0.2) is 0 Å². The second-order valence-electron chi connectivity index (χ2n) is 2.80. The molecule has 11 heavy (non-hydrogen) atoms. The number of halogens is 1. The maximum atomic E-state index is 6.00. The van der Waals surface area contributed by atoms with Gasteiger partial charge in [-0.2, -0.15) is 0 Å². The van der Waals surface area contributed by atoms with Crippen molar-refractivity contribution in [1.29, 1.82) is 0 Å². The highest BCUT2D eigenvalue weighted by Crippen LogP contribution is 2.32. The Morgan fingerprint density at radius 1 is 1.64 bits per heavy atom. The zero-order chi connectivity index (χ0) is 7.68. The molecule has 1 atom stereocenters. The van der Waals surface area contributed by atoms with Crippen molar-refractivity contribution in [1.82, 2.24) is 5.32 Å². The highest BCUT2D eigenvalue weighted by atomic mass is 35.5. The van der Waals surface area contributed by atoms with Gasteiger partial charge >= 0.3 is 0 Å². The SMILES string of the molecule is Clc1sccc1C1CCCN1. The molecular formula is C8H10ClNS. The number of thiophene rings is 1. The van der Waals surface area contributed by atoms with Gasteiger partial charge in [-0.3, -0.25) is 0 Å². The van der Waals surface area contributed by atoms with Crippen LogP contribution in [-0.2, 0) is 0 Å². The summed E-state index contributed by atoms with van der Waals surface area (Å²) < 4.78 is 0.949. The Hall–Kier alpha value is -0.0500. The van der Waals surface area contributed by atoms with Crippen LogP contribution in [-0.4, -0.2) is 6.54 Å². The third-order valence-corrected chi connectivity index (χ3v) is 3.28. The fourth-order valence-electron chi connectivity index (χ4n) is 1.50. The van der Waals surface area contributed by atoms with E-state index in [0.717, 1.165) is 10.9 Å². The standard InChI is InChI=1S/C8H10ClNS/c9-8-6(3-5-11-8)7-2-1-4-10-7/h3,5,7,10H,1-2,4H2. The lowest BCUT2D eigenvalue weighted by atomic mass is 10.1. The van der Waals surface area contributed by atoms with Crippen molar-refractivity contribution in [2.45, 2.75) is 18.9 Å². The summed E-state index contributed by atoms with van der Waals surface area (Å²) in [5.74, 6) is 0. The lowest BCUT2D eigenvalue weighted by Gasteiger charge is -2.07. The first-order chi connectivity index (χ1) is 5.38. The zero-order valence-electron chi connectivity index (χ0n) is 6.14. The fourth-order valence-corrected chi connectivity index (χ4v) is 2.53. The van der Waals surface area contributed by atoms with E-state index in [1.165, 1.54) is 18.4 Å². The summed E-state index contributed by atoms with van der Waals surface area (Å²) in [7, 11) is 0. The van der Waals surface area contributed by atoms with Gasteiger partial charge in [0, 0.05) is 6.04 Å². The molecule has 1 saturated heterocycles. The third-order valence-electron chi connectivity index (χ3n) is 2.08. The Labute approximate surface area is 75.4 Å². The number of nitrogens with one attached hydrogen (secondary N) is 1. The van der Waals surface area contributed by atoms with Crippen LogP contribution in [0.5, 0.6) is 0 Å². The zero-order valence-corrected chi connectivity index (χ0v) is 7.71. The summed E-state index contributed by atoms with van der Waals surface area (Å²) in [6.45, 7) is 1.14. The minimum Gasteiger partial charge on any atom is -0.310 e. The van der Waals surface area contributed by atoms with Gasteiger partial charge in [-0.15, -0.1) is 11.3 Å². The molecule has 1 aliphatic rings. The second-order valence-corrected chi connectivity index (χ2v) is 4.32. The van der Waals surface area contributed by atoms with Crippen LogP contribution >= 0.6 is 22.9 Å². The molecule has 1 N–H and O–H groups in total. The Bertz CT molecular complexity index is 240. The maximum absolute atomic E-state index is 6.00. The molecule has 1 unspecified atom stereocenters. The van der Waals surface area contributed by atoms with Crippen LogP contribution in [0.3, 0.4) is 0 Å². The van der Waals surface area contributed by atoms with Crippen LogP contribution in [0, 0.1) is 0 Å². The summed E-state index contributed by atoms with van der Waals surface area (Å²) in [5.41, 5.74) is 1.29. The van der Waals surface area contributed by atoms with E-state index in [9.17, 15) is 0 Å². The van der Waals surface area contributed by atoms with E-state index in [0.29, 0.717) is 6.04 Å². The van der Waals surface area contributed by atoms with E-state index >= 15 is 0 Å². The first-order valence-electron chi connectivity index (χ1n) is 3.84. The highest BCUT2D eigenvalue weighted by molar-refractivity contribution is 7.14. The van der Waals surface area contributed by atoms with Crippen molar-refractivity contribution in [3.05, 3.63) is 21.3 Å². The quantitative estimate of drug-likeness (QED) is 0.713. The molecule has 1 aliphatic heterocycles. The second kappa shape index (κ2) is 3.13. The molecule has 1 fully saturated rings. The van der Waals surface area contributed by atoms with E-state index < -0.39 is 0 Å².